The molecule has 2 aliphatic carbocycles. The molecule has 0 bridgehead atoms. The van der Waals surface area contributed by atoms with Crippen molar-refractivity contribution in [3.63, 3.8) is 0 Å². The minimum Gasteiger partial charge on any atom is -0.480 e. The summed E-state index contributed by atoms with van der Waals surface area (Å²) in [6, 6.07) is 0. The summed E-state index contributed by atoms with van der Waals surface area (Å²) in [6.07, 6.45) is 4.52. The highest BCUT2D eigenvalue weighted by molar-refractivity contribution is 5.99. The molecule has 0 aromatic carbocycles. The van der Waals surface area contributed by atoms with Crippen molar-refractivity contribution >= 4 is 11.9 Å². The highest BCUT2D eigenvalue weighted by Gasteiger charge is 2.62. The summed E-state index contributed by atoms with van der Waals surface area (Å²) >= 11 is 0. The molecule has 0 spiro atoms. The lowest BCUT2D eigenvalue weighted by atomic mass is 9.72. The number of carboxylic acid groups (broad SMARTS) is 2. The van der Waals surface area contributed by atoms with Gasteiger partial charge in [-0.3, -0.25) is 9.59 Å². The van der Waals surface area contributed by atoms with Crippen LogP contribution in [0.15, 0.2) is 12.7 Å². The Balaban J connectivity index is 2.43. The van der Waals surface area contributed by atoms with Crippen molar-refractivity contribution in [1.29, 1.82) is 0 Å². The van der Waals surface area contributed by atoms with Crippen molar-refractivity contribution in [2.24, 2.45) is 23.2 Å². The van der Waals surface area contributed by atoms with Crippen LogP contribution in [0.1, 0.15) is 25.7 Å². The van der Waals surface area contributed by atoms with Crippen LogP contribution in [0.2, 0.25) is 0 Å². The minimum atomic E-state index is -1.57. The fourth-order valence-corrected chi connectivity index (χ4v) is 3.64. The maximum absolute atomic E-state index is 11.4. The summed E-state index contributed by atoms with van der Waals surface area (Å²) in [7, 11) is 0. The van der Waals surface area contributed by atoms with Gasteiger partial charge in [-0.15, -0.1) is 6.58 Å². The molecule has 4 heteroatoms. The van der Waals surface area contributed by atoms with Crippen LogP contribution >= 0.6 is 0 Å². The number of carboxylic acids is 2. The number of hydrogen-bond acceptors (Lipinski definition) is 2. The predicted molar refractivity (Wildman–Crippen MR) is 56.8 cm³/mol. The second-order valence-corrected chi connectivity index (χ2v) is 4.88. The largest absolute Gasteiger partial charge is 0.480 e. The molecule has 2 rings (SSSR count). The Morgan fingerprint density at radius 1 is 1.19 bits per heavy atom. The van der Waals surface area contributed by atoms with Gasteiger partial charge in [0.15, 0.2) is 5.41 Å². The maximum Gasteiger partial charge on any atom is 0.321 e. The second kappa shape index (κ2) is 3.61. The van der Waals surface area contributed by atoms with E-state index in [4.69, 9.17) is 0 Å². The summed E-state index contributed by atoms with van der Waals surface area (Å²) in [6.45, 7) is 3.70. The number of carbonyl (C=O) groups is 2. The summed E-state index contributed by atoms with van der Waals surface area (Å²) in [5, 5.41) is 18.6. The van der Waals surface area contributed by atoms with E-state index in [0.717, 1.165) is 12.8 Å². The average Bonchev–Trinajstić information content (AvgIpc) is 2.75. The average molecular weight is 224 g/mol. The van der Waals surface area contributed by atoms with E-state index in [1.54, 1.807) is 6.08 Å². The molecular formula is C12H16O4. The quantitative estimate of drug-likeness (QED) is 0.566. The van der Waals surface area contributed by atoms with Gasteiger partial charge in [-0.25, -0.2) is 0 Å². The van der Waals surface area contributed by atoms with Gasteiger partial charge in [-0.2, -0.15) is 0 Å². The van der Waals surface area contributed by atoms with Crippen molar-refractivity contribution in [3.8, 4) is 0 Å². The fourth-order valence-electron chi connectivity index (χ4n) is 3.64. The molecule has 0 aromatic heterocycles. The summed E-state index contributed by atoms with van der Waals surface area (Å²) in [5.41, 5.74) is -1.57. The lowest BCUT2D eigenvalue weighted by Crippen LogP contribution is -2.44. The van der Waals surface area contributed by atoms with E-state index in [1.165, 1.54) is 0 Å². The Kier molecular flexibility index (Phi) is 2.52. The number of rotatable bonds is 3. The third kappa shape index (κ3) is 1.22. The number of fused-ring (bicyclic) bond motifs is 1. The first-order valence-corrected chi connectivity index (χ1v) is 5.63. The molecule has 2 N–H and O–H groups in total. The maximum atomic E-state index is 11.4. The van der Waals surface area contributed by atoms with Crippen LogP contribution < -0.4 is 0 Å². The lowest BCUT2D eigenvalue weighted by molar-refractivity contribution is -0.168. The van der Waals surface area contributed by atoms with E-state index in [0.29, 0.717) is 6.42 Å². The van der Waals surface area contributed by atoms with Gasteiger partial charge < -0.3 is 10.2 Å². The van der Waals surface area contributed by atoms with Crippen LogP contribution in [0.5, 0.6) is 0 Å². The van der Waals surface area contributed by atoms with E-state index in [2.05, 4.69) is 6.58 Å². The SMILES string of the molecule is C=C[C@@H]1CC[C@H]2CCC(C(=O)O)(C(=O)O)[C@H]21. The summed E-state index contributed by atoms with van der Waals surface area (Å²) in [5.74, 6) is -2.34. The minimum absolute atomic E-state index is 0.0414. The van der Waals surface area contributed by atoms with E-state index in [9.17, 15) is 19.8 Å². The molecule has 88 valence electrons. The highest BCUT2D eigenvalue weighted by atomic mass is 16.4. The zero-order valence-electron chi connectivity index (χ0n) is 9.06. The van der Waals surface area contributed by atoms with E-state index in [-0.39, 0.29) is 24.2 Å². The van der Waals surface area contributed by atoms with Gasteiger partial charge in [-0.05, 0) is 43.4 Å². The number of allylic oxidation sites excluding steroid dienone is 1. The van der Waals surface area contributed by atoms with Gasteiger partial charge >= 0.3 is 11.9 Å². The molecule has 0 unspecified atom stereocenters. The number of aliphatic carboxylic acids is 2. The smallest absolute Gasteiger partial charge is 0.321 e. The Morgan fingerprint density at radius 3 is 2.31 bits per heavy atom. The molecule has 0 aromatic rings. The van der Waals surface area contributed by atoms with Gasteiger partial charge in [0.05, 0.1) is 0 Å². The molecule has 0 radical (unpaired) electrons. The molecule has 16 heavy (non-hydrogen) atoms. The molecule has 0 aliphatic heterocycles. The van der Waals surface area contributed by atoms with E-state index < -0.39 is 17.4 Å². The van der Waals surface area contributed by atoms with Crippen molar-refractivity contribution in [2.75, 3.05) is 0 Å². The molecule has 0 heterocycles. The van der Waals surface area contributed by atoms with Gasteiger partial charge in [0, 0.05) is 0 Å². The van der Waals surface area contributed by atoms with Gasteiger partial charge in [0.25, 0.3) is 0 Å². The first kappa shape index (κ1) is 11.2. The first-order chi connectivity index (χ1) is 7.54. The molecule has 3 atom stereocenters. The molecule has 4 nitrogen and oxygen atoms in total. The molecule has 0 saturated heterocycles. The predicted octanol–water partition coefficient (Wildman–Crippen LogP) is 1.76. The fraction of sp³-hybridized carbons (Fsp3) is 0.667. The van der Waals surface area contributed by atoms with Crippen LogP contribution in [0.4, 0.5) is 0 Å². The molecule has 2 fully saturated rings. The van der Waals surface area contributed by atoms with Crippen molar-refractivity contribution < 1.29 is 19.8 Å². The highest BCUT2D eigenvalue weighted by Crippen LogP contribution is 2.57. The van der Waals surface area contributed by atoms with Gasteiger partial charge in [0.2, 0.25) is 0 Å². The van der Waals surface area contributed by atoms with Crippen LogP contribution in [0.3, 0.4) is 0 Å². The molecule has 2 saturated carbocycles. The zero-order chi connectivity index (χ0) is 11.9. The van der Waals surface area contributed by atoms with Crippen molar-refractivity contribution in [3.05, 3.63) is 12.7 Å². The monoisotopic (exact) mass is 224 g/mol. The molecule has 2 aliphatic rings. The van der Waals surface area contributed by atoms with Gasteiger partial charge in [0.1, 0.15) is 0 Å². The van der Waals surface area contributed by atoms with Crippen molar-refractivity contribution in [2.45, 2.75) is 25.7 Å². The van der Waals surface area contributed by atoms with E-state index in [1.807, 2.05) is 0 Å². The van der Waals surface area contributed by atoms with Crippen molar-refractivity contribution in [1.82, 2.24) is 0 Å². The Bertz CT molecular complexity index is 333. The van der Waals surface area contributed by atoms with Crippen LogP contribution in [0.25, 0.3) is 0 Å². The lowest BCUT2D eigenvalue weighted by Gasteiger charge is -2.29. The zero-order valence-corrected chi connectivity index (χ0v) is 9.06. The topological polar surface area (TPSA) is 74.6 Å². The van der Waals surface area contributed by atoms with E-state index >= 15 is 0 Å². The molecular weight excluding hydrogens is 208 g/mol. The van der Waals surface area contributed by atoms with Crippen LogP contribution in [-0.4, -0.2) is 22.2 Å². The number of hydrogen-bond donors (Lipinski definition) is 2. The molecule has 0 amide bonds. The Morgan fingerprint density at radius 2 is 1.81 bits per heavy atom. The first-order valence-electron chi connectivity index (χ1n) is 5.63. The van der Waals surface area contributed by atoms with Crippen LogP contribution in [-0.2, 0) is 9.59 Å². The third-order valence-electron chi connectivity index (χ3n) is 4.38. The normalized spacial score (nSPS) is 35.6. The Labute approximate surface area is 94.0 Å². The van der Waals surface area contributed by atoms with Gasteiger partial charge in [-0.1, -0.05) is 6.08 Å². The van der Waals surface area contributed by atoms with Crippen LogP contribution in [0, 0.1) is 23.2 Å². The Hall–Kier alpha value is -1.32. The second-order valence-electron chi connectivity index (χ2n) is 4.88. The standard InChI is InChI=1S/C12H16O4/c1-2-7-3-4-8-5-6-12(9(7)8,10(13)14)11(15)16/h2,7-9H,1,3-6H2,(H,13,14)(H,15,16)/t7-,8+,9+/m1/s1. The third-order valence-corrected chi connectivity index (χ3v) is 4.38. The summed E-state index contributed by atoms with van der Waals surface area (Å²) < 4.78 is 0. The summed E-state index contributed by atoms with van der Waals surface area (Å²) in [4.78, 5) is 22.7.